The summed E-state index contributed by atoms with van der Waals surface area (Å²) in [6, 6.07) is 5.63. The van der Waals surface area contributed by atoms with Crippen LogP contribution < -0.4 is 15.4 Å². The van der Waals surface area contributed by atoms with Crippen LogP contribution in [0.4, 0.5) is 4.39 Å². The number of piperazine rings is 1. The van der Waals surface area contributed by atoms with Crippen LogP contribution in [0.5, 0.6) is 5.75 Å². The molecule has 0 spiro atoms. The number of hydrogen-bond acceptors (Lipinski definition) is 4. The summed E-state index contributed by atoms with van der Waals surface area (Å²) in [5, 5.41) is 6.13. The Balaban J connectivity index is 0.00000242. The van der Waals surface area contributed by atoms with E-state index in [0.29, 0.717) is 12.3 Å². The van der Waals surface area contributed by atoms with E-state index in [1.807, 2.05) is 0 Å². The molecule has 1 aliphatic rings. The van der Waals surface area contributed by atoms with Gasteiger partial charge in [-0.1, -0.05) is 0 Å². The molecule has 1 saturated heterocycles. The molecule has 2 rings (SSSR count). The fourth-order valence-corrected chi connectivity index (χ4v) is 2.20. The fourth-order valence-electron chi connectivity index (χ4n) is 2.20. The molecular formula is C15H23ClFN3O2. The van der Waals surface area contributed by atoms with Gasteiger partial charge >= 0.3 is 0 Å². The third kappa shape index (κ3) is 7.06. The summed E-state index contributed by atoms with van der Waals surface area (Å²) in [6.45, 7) is 5.83. The molecule has 1 aromatic rings. The molecule has 0 atom stereocenters. The highest BCUT2D eigenvalue weighted by Crippen LogP contribution is 2.10. The van der Waals surface area contributed by atoms with Crippen LogP contribution in [0.25, 0.3) is 0 Å². The zero-order chi connectivity index (χ0) is 14.9. The standard InChI is InChI=1S/C15H22FN3O2.ClH/c16-13-2-4-14(5-3-13)21-12-15(20)18-6-1-9-19-10-7-17-8-11-19;/h2-5,17H,1,6-12H2,(H,18,20);1H. The second-order valence-corrected chi connectivity index (χ2v) is 5.04. The van der Waals surface area contributed by atoms with Crippen molar-refractivity contribution in [2.24, 2.45) is 0 Å². The SMILES string of the molecule is Cl.O=C(COc1ccc(F)cc1)NCCCN1CCNCC1. The van der Waals surface area contributed by atoms with Crippen LogP contribution in [0.3, 0.4) is 0 Å². The molecule has 1 heterocycles. The summed E-state index contributed by atoms with van der Waals surface area (Å²) >= 11 is 0. The number of rotatable bonds is 7. The number of benzene rings is 1. The summed E-state index contributed by atoms with van der Waals surface area (Å²) < 4.78 is 18.0. The van der Waals surface area contributed by atoms with E-state index in [0.717, 1.165) is 39.1 Å². The number of amides is 1. The molecule has 2 N–H and O–H groups in total. The van der Waals surface area contributed by atoms with Gasteiger partial charge in [0.25, 0.3) is 5.91 Å². The molecule has 1 aliphatic heterocycles. The van der Waals surface area contributed by atoms with Crippen LogP contribution >= 0.6 is 12.4 Å². The maximum Gasteiger partial charge on any atom is 0.257 e. The van der Waals surface area contributed by atoms with Crippen molar-refractivity contribution in [3.8, 4) is 5.75 Å². The Kier molecular flexibility index (Phi) is 8.81. The van der Waals surface area contributed by atoms with Gasteiger partial charge in [-0.05, 0) is 37.2 Å². The van der Waals surface area contributed by atoms with Gasteiger partial charge < -0.3 is 20.3 Å². The van der Waals surface area contributed by atoms with Crippen LogP contribution in [0.15, 0.2) is 24.3 Å². The second kappa shape index (κ2) is 10.4. The van der Waals surface area contributed by atoms with E-state index in [4.69, 9.17) is 4.74 Å². The van der Waals surface area contributed by atoms with E-state index in [9.17, 15) is 9.18 Å². The summed E-state index contributed by atoms with van der Waals surface area (Å²) in [5.41, 5.74) is 0. The van der Waals surface area contributed by atoms with Gasteiger partial charge in [0.1, 0.15) is 11.6 Å². The molecule has 0 saturated carbocycles. The van der Waals surface area contributed by atoms with Crippen molar-refractivity contribution < 1.29 is 13.9 Å². The van der Waals surface area contributed by atoms with Gasteiger partial charge in [-0.3, -0.25) is 4.79 Å². The predicted molar refractivity (Wildman–Crippen MR) is 86.1 cm³/mol. The van der Waals surface area contributed by atoms with E-state index in [1.165, 1.54) is 24.3 Å². The van der Waals surface area contributed by atoms with Crippen LogP contribution in [-0.2, 0) is 4.79 Å². The molecule has 1 amide bonds. The van der Waals surface area contributed by atoms with Gasteiger partial charge in [0, 0.05) is 32.7 Å². The lowest BCUT2D eigenvalue weighted by Crippen LogP contribution is -2.44. The summed E-state index contributed by atoms with van der Waals surface area (Å²) in [6.07, 6.45) is 0.933. The summed E-state index contributed by atoms with van der Waals surface area (Å²) in [7, 11) is 0. The van der Waals surface area contributed by atoms with E-state index in [-0.39, 0.29) is 30.7 Å². The molecule has 0 unspecified atom stereocenters. The maximum absolute atomic E-state index is 12.7. The van der Waals surface area contributed by atoms with Crippen molar-refractivity contribution in [1.82, 2.24) is 15.5 Å². The van der Waals surface area contributed by atoms with Crippen LogP contribution in [0.1, 0.15) is 6.42 Å². The van der Waals surface area contributed by atoms with Crippen molar-refractivity contribution in [2.45, 2.75) is 6.42 Å². The molecule has 0 radical (unpaired) electrons. The molecule has 22 heavy (non-hydrogen) atoms. The van der Waals surface area contributed by atoms with E-state index < -0.39 is 0 Å². The molecule has 1 fully saturated rings. The minimum atomic E-state index is -0.320. The van der Waals surface area contributed by atoms with Crippen LogP contribution in [0.2, 0.25) is 0 Å². The summed E-state index contributed by atoms with van der Waals surface area (Å²) in [5.74, 6) is 0.0201. The number of nitrogens with zero attached hydrogens (tertiary/aromatic N) is 1. The Morgan fingerprint density at radius 1 is 1.27 bits per heavy atom. The van der Waals surface area contributed by atoms with Gasteiger partial charge in [0.05, 0.1) is 0 Å². The van der Waals surface area contributed by atoms with Crippen LogP contribution in [-0.4, -0.2) is 56.7 Å². The average Bonchev–Trinajstić information content (AvgIpc) is 2.52. The zero-order valence-corrected chi connectivity index (χ0v) is 13.3. The third-order valence-corrected chi connectivity index (χ3v) is 3.37. The molecular weight excluding hydrogens is 309 g/mol. The van der Waals surface area contributed by atoms with Gasteiger partial charge in [0.2, 0.25) is 0 Å². The zero-order valence-electron chi connectivity index (χ0n) is 12.5. The first-order valence-corrected chi connectivity index (χ1v) is 7.32. The molecule has 0 aliphatic carbocycles. The molecule has 0 aromatic heterocycles. The lowest BCUT2D eigenvalue weighted by molar-refractivity contribution is -0.123. The third-order valence-electron chi connectivity index (χ3n) is 3.37. The predicted octanol–water partition coefficient (Wildman–Crippen LogP) is 1.04. The number of nitrogens with one attached hydrogen (secondary N) is 2. The summed E-state index contributed by atoms with van der Waals surface area (Å²) in [4.78, 5) is 14.0. The fraction of sp³-hybridized carbons (Fsp3) is 0.533. The number of carbonyl (C=O) groups excluding carboxylic acids is 1. The normalized spacial score (nSPS) is 15.0. The lowest BCUT2D eigenvalue weighted by Gasteiger charge is -2.27. The van der Waals surface area contributed by atoms with E-state index in [2.05, 4.69) is 15.5 Å². The first kappa shape index (κ1) is 18.7. The average molecular weight is 332 g/mol. The Morgan fingerprint density at radius 3 is 2.64 bits per heavy atom. The highest BCUT2D eigenvalue weighted by molar-refractivity contribution is 5.85. The molecule has 124 valence electrons. The molecule has 7 heteroatoms. The Labute approximate surface area is 136 Å². The number of hydrogen-bond donors (Lipinski definition) is 2. The van der Waals surface area contributed by atoms with Gasteiger partial charge in [-0.2, -0.15) is 0 Å². The molecule has 0 bridgehead atoms. The Bertz CT molecular complexity index is 439. The number of ether oxygens (including phenoxy) is 1. The van der Waals surface area contributed by atoms with Gasteiger partial charge in [-0.25, -0.2) is 4.39 Å². The van der Waals surface area contributed by atoms with Crippen molar-refractivity contribution in [3.05, 3.63) is 30.1 Å². The smallest absolute Gasteiger partial charge is 0.257 e. The van der Waals surface area contributed by atoms with Crippen molar-refractivity contribution in [1.29, 1.82) is 0 Å². The van der Waals surface area contributed by atoms with E-state index >= 15 is 0 Å². The topological polar surface area (TPSA) is 53.6 Å². The quantitative estimate of drug-likeness (QED) is 0.733. The van der Waals surface area contributed by atoms with Crippen molar-refractivity contribution in [2.75, 3.05) is 45.9 Å². The van der Waals surface area contributed by atoms with Gasteiger partial charge in [-0.15, -0.1) is 12.4 Å². The molecule has 1 aromatic carbocycles. The maximum atomic E-state index is 12.7. The van der Waals surface area contributed by atoms with E-state index in [1.54, 1.807) is 0 Å². The van der Waals surface area contributed by atoms with Crippen LogP contribution in [0, 0.1) is 5.82 Å². The monoisotopic (exact) mass is 331 g/mol. The Morgan fingerprint density at radius 2 is 1.95 bits per heavy atom. The first-order chi connectivity index (χ1) is 10.2. The number of halogens is 2. The number of carbonyl (C=O) groups is 1. The highest BCUT2D eigenvalue weighted by atomic mass is 35.5. The highest BCUT2D eigenvalue weighted by Gasteiger charge is 2.08. The molecule has 5 nitrogen and oxygen atoms in total. The minimum Gasteiger partial charge on any atom is -0.484 e. The Hall–Kier alpha value is -1.37. The lowest BCUT2D eigenvalue weighted by atomic mass is 10.3. The second-order valence-electron chi connectivity index (χ2n) is 5.04. The minimum absolute atomic E-state index is 0. The van der Waals surface area contributed by atoms with Gasteiger partial charge in [0.15, 0.2) is 6.61 Å². The first-order valence-electron chi connectivity index (χ1n) is 7.32. The van der Waals surface area contributed by atoms with Crippen molar-refractivity contribution >= 4 is 18.3 Å². The largest absolute Gasteiger partial charge is 0.484 e. The van der Waals surface area contributed by atoms with Crippen molar-refractivity contribution in [3.63, 3.8) is 0 Å².